The van der Waals surface area contributed by atoms with E-state index in [9.17, 15) is 5.26 Å². The lowest BCUT2D eigenvalue weighted by atomic mass is 10.2. The molecular weight excluding hydrogens is 402 g/mol. The molecular formula is C26H23N3O3. The van der Waals surface area contributed by atoms with Gasteiger partial charge in [0, 0.05) is 11.8 Å². The van der Waals surface area contributed by atoms with Crippen LogP contribution < -0.4 is 9.47 Å². The molecule has 6 heteroatoms. The predicted molar refractivity (Wildman–Crippen MR) is 122 cm³/mol. The lowest BCUT2D eigenvalue weighted by Crippen LogP contribution is -2.08. The summed E-state index contributed by atoms with van der Waals surface area (Å²) in [6.45, 7) is 1.41. The van der Waals surface area contributed by atoms with Crippen LogP contribution in [0.25, 0.3) is 17.1 Å². The van der Waals surface area contributed by atoms with Gasteiger partial charge in [0.25, 0.3) is 0 Å². The first-order valence-corrected chi connectivity index (χ1v) is 10.3. The summed E-state index contributed by atoms with van der Waals surface area (Å²) in [5, 5.41) is 9.42. The van der Waals surface area contributed by atoms with Crippen molar-refractivity contribution < 1.29 is 14.2 Å². The fourth-order valence-electron chi connectivity index (χ4n) is 3.31. The Hall–Kier alpha value is -4.08. The molecule has 0 unspecified atom stereocenters. The Morgan fingerprint density at radius 3 is 2.41 bits per heavy atom. The van der Waals surface area contributed by atoms with Crippen molar-refractivity contribution in [2.75, 3.05) is 20.3 Å². The molecule has 4 aromatic rings. The fourth-order valence-corrected chi connectivity index (χ4v) is 3.31. The lowest BCUT2D eigenvalue weighted by Gasteiger charge is -2.14. The van der Waals surface area contributed by atoms with Crippen LogP contribution in [0.4, 0.5) is 0 Å². The van der Waals surface area contributed by atoms with Crippen molar-refractivity contribution in [2.45, 2.75) is 6.61 Å². The first-order valence-electron chi connectivity index (χ1n) is 10.3. The molecule has 0 saturated heterocycles. The third-order valence-corrected chi connectivity index (χ3v) is 4.89. The molecule has 1 heterocycles. The number of imidazole rings is 1. The monoisotopic (exact) mass is 425 g/mol. The molecule has 1 aromatic heterocycles. The maximum Gasteiger partial charge on any atom is 0.159 e. The summed E-state index contributed by atoms with van der Waals surface area (Å²) in [5.41, 5.74) is 3.12. The average molecular weight is 425 g/mol. The topological polar surface area (TPSA) is 69.3 Å². The second-order valence-electron chi connectivity index (χ2n) is 7.01. The third kappa shape index (κ3) is 4.97. The van der Waals surface area contributed by atoms with E-state index in [0.717, 1.165) is 22.6 Å². The smallest absolute Gasteiger partial charge is 0.159 e. The highest BCUT2D eigenvalue weighted by Gasteiger charge is 2.15. The Bertz CT molecular complexity index is 1200. The second-order valence-corrected chi connectivity index (χ2v) is 7.01. The van der Waals surface area contributed by atoms with Crippen molar-refractivity contribution >= 4 is 0 Å². The number of ether oxygens (including phenoxy) is 3. The summed E-state index contributed by atoms with van der Waals surface area (Å²) in [7, 11) is 1.63. The molecule has 160 valence electrons. The van der Waals surface area contributed by atoms with Crippen molar-refractivity contribution in [3.8, 4) is 34.6 Å². The van der Waals surface area contributed by atoms with Crippen LogP contribution in [0.3, 0.4) is 0 Å². The van der Waals surface area contributed by atoms with Gasteiger partial charge in [0.1, 0.15) is 30.0 Å². The Morgan fingerprint density at radius 1 is 0.906 bits per heavy atom. The number of hydrogen-bond donors (Lipinski definition) is 0. The van der Waals surface area contributed by atoms with Crippen LogP contribution in [0.2, 0.25) is 0 Å². The Balaban J connectivity index is 1.51. The summed E-state index contributed by atoms with van der Waals surface area (Å²) in [6, 6.07) is 27.4. The molecule has 0 radical (unpaired) electrons. The molecule has 0 fully saturated rings. The van der Waals surface area contributed by atoms with E-state index in [2.05, 4.69) is 11.1 Å². The molecule has 0 saturated carbocycles. The Labute approximate surface area is 187 Å². The quantitative estimate of drug-likeness (QED) is 0.352. The molecule has 4 rings (SSSR count). The molecule has 0 N–H and O–H groups in total. The summed E-state index contributed by atoms with van der Waals surface area (Å²) < 4.78 is 18.9. The van der Waals surface area contributed by atoms with E-state index in [1.165, 1.54) is 0 Å². The maximum atomic E-state index is 9.42. The van der Waals surface area contributed by atoms with Crippen LogP contribution in [0.1, 0.15) is 11.3 Å². The molecule has 0 spiro atoms. The van der Waals surface area contributed by atoms with Gasteiger partial charge in [-0.25, -0.2) is 4.98 Å². The molecule has 0 aliphatic rings. The number of nitrogens with zero attached hydrogens (tertiary/aromatic N) is 3. The molecule has 3 aromatic carbocycles. The number of nitriles is 1. The van der Waals surface area contributed by atoms with Gasteiger partial charge in [-0.2, -0.15) is 5.26 Å². The van der Waals surface area contributed by atoms with Gasteiger partial charge < -0.3 is 14.2 Å². The first kappa shape index (κ1) is 21.2. The maximum absolute atomic E-state index is 9.42. The average Bonchev–Trinajstić information content (AvgIpc) is 3.29. The van der Waals surface area contributed by atoms with Crippen LogP contribution in [0.5, 0.6) is 11.5 Å². The van der Waals surface area contributed by atoms with Gasteiger partial charge >= 0.3 is 0 Å². The van der Waals surface area contributed by atoms with Crippen molar-refractivity contribution in [1.82, 2.24) is 9.55 Å². The van der Waals surface area contributed by atoms with E-state index >= 15 is 0 Å². The van der Waals surface area contributed by atoms with Crippen LogP contribution in [0.15, 0.2) is 85.1 Å². The summed E-state index contributed by atoms with van der Waals surface area (Å²) in [6.07, 6.45) is 1.72. The zero-order valence-corrected chi connectivity index (χ0v) is 17.8. The Morgan fingerprint density at radius 2 is 1.66 bits per heavy atom. The van der Waals surface area contributed by atoms with Crippen molar-refractivity contribution in [2.24, 2.45) is 0 Å². The van der Waals surface area contributed by atoms with Crippen molar-refractivity contribution in [3.05, 3.63) is 96.3 Å². The van der Waals surface area contributed by atoms with E-state index < -0.39 is 0 Å². The molecule has 0 amide bonds. The minimum Gasteiger partial charge on any atom is -0.497 e. The van der Waals surface area contributed by atoms with E-state index in [1.54, 1.807) is 13.3 Å². The fraction of sp³-hybridized carbons (Fsp3) is 0.154. The van der Waals surface area contributed by atoms with Gasteiger partial charge in [0.15, 0.2) is 5.69 Å². The summed E-state index contributed by atoms with van der Waals surface area (Å²) in [4.78, 5) is 4.50. The number of hydrogen-bond acceptors (Lipinski definition) is 5. The van der Waals surface area contributed by atoms with Gasteiger partial charge in [0.2, 0.25) is 0 Å². The number of methoxy groups -OCH3 is 1. The highest BCUT2D eigenvalue weighted by atomic mass is 16.5. The van der Waals surface area contributed by atoms with E-state index in [-0.39, 0.29) is 0 Å². The minimum atomic E-state index is 0.330. The predicted octanol–water partition coefficient (Wildman–Crippen LogP) is 5.02. The molecule has 0 aliphatic carbocycles. The van der Waals surface area contributed by atoms with E-state index in [1.807, 2.05) is 83.4 Å². The number of rotatable bonds is 9. The van der Waals surface area contributed by atoms with Gasteiger partial charge in [-0.1, -0.05) is 42.5 Å². The summed E-state index contributed by atoms with van der Waals surface area (Å²) in [5.74, 6) is 2.10. The third-order valence-electron chi connectivity index (χ3n) is 4.89. The summed E-state index contributed by atoms with van der Waals surface area (Å²) >= 11 is 0. The van der Waals surface area contributed by atoms with Crippen molar-refractivity contribution in [1.29, 1.82) is 5.26 Å². The minimum absolute atomic E-state index is 0.330. The zero-order valence-electron chi connectivity index (χ0n) is 17.8. The molecule has 6 nitrogen and oxygen atoms in total. The van der Waals surface area contributed by atoms with Crippen LogP contribution >= 0.6 is 0 Å². The van der Waals surface area contributed by atoms with Crippen LogP contribution in [-0.2, 0) is 11.3 Å². The largest absolute Gasteiger partial charge is 0.497 e. The van der Waals surface area contributed by atoms with Gasteiger partial charge in [-0.3, -0.25) is 4.57 Å². The zero-order chi connectivity index (χ0) is 22.2. The normalized spacial score (nSPS) is 10.5. The molecule has 0 aliphatic heterocycles. The Kier molecular flexibility index (Phi) is 6.81. The number of aromatic nitrogens is 2. The lowest BCUT2D eigenvalue weighted by molar-refractivity contribution is 0.0889. The molecule has 32 heavy (non-hydrogen) atoms. The molecule has 0 bridgehead atoms. The molecule has 0 atom stereocenters. The van der Waals surface area contributed by atoms with Gasteiger partial charge in [0.05, 0.1) is 26.0 Å². The SMILES string of the molecule is COc1ccc(-c2nc(C#N)cn2-c2ccccc2OCCOCc2ccccc2)cc1. The van der Waals surface area contributed by atoms with E-state index in [4.69, 9.17) is 14.2 Å². The van der Waals surface area contributed by atoms with Crippen LogP contribution in [-0.4, -0.2) is 29.9 Å². The highest BCUT2D eigenvalue weighted by molar-refractivity contribution is 5.63. The standard InChI is InChI=1S/C26H23N3O3/c1-30-23-13-11-21(12-14-23)26-28-22(17-27)18-29(26)24-9-5-6-10-25(24)32-16-15-31-19-20-7-3-2-4-8-20/h2-14,18H,15-16,19H2,1H3. The van der Waals surface area contributed by atoms with Gasteiger partial charge in [-0.15, -0.1) is 0 Å². The van der Waals surface area contributed by atoms with Gasteiger partial charge in [-0.05, 0) is 42.0 Å². The second kappa shape index (κ2) is 10.3. The first-order chi connectivity index (χ1) is 15.8. The van der Waals surface area contributed by atoms with Crippen LogP contribution in [0, 0.1) is 11.3 Å². The number of para-hydroxylation sites is 2. The van der Waals surface area contributed by atoms with E-state index in [0.29, 0.717) is 37.1 Å². The number of benzene rings is 3. The van der Waals surface area contributed by atoms with Crippen molar-refractivity contribution in [3.63, 3.8) is 0 Å². The highest BCUT2D eigenvalue weighted by Crippen LogP contribution is 2.29.